The lowest BCUT2D eigenvalue weighted by Gasteiger charge is -2.36. The zero-order chi connectivity index (χ0) is 19.3. The topological polar surface area (TPSA) is 75.2 Å². The highest BCUT2D eigenvalue weighted by Gasteiger charge is 2.36. The molecular formula is C19H26N4O2S. The van der Waals surface area contributed by atoms with Crippen LogP contribution in [-0.4, -0.2) is 37.9 Å². The third-order valence-corrected chi connectivity index (χ3v) is 4.52. The molecular weight excluding hydrogens is 348 g/mol. The molecule has 2 amide bonds. The Hall–Kier alpha value is -2.28. The zero-order valence-electron chi connectivity index (χ0n) is 15.9. The average Bonchev–Trinajstić information content (AvgIpc) is 3.12. The van der Waals surface area contributed by atoms with Crippen molar-refractivity contribution in [1.29, 1.82) is 0 Å². The van der Waals surface area contributed by atoms with Gasteiger partial charge in [-0.1, -0.05) is 41.7 Å². The summed E-state index contributed by atoms with van der Waals surface area (Å²) in [6.45, 7) is 9.71. The van der Waals surface area contributed by atoms with Crippen LogP contribution in [0.1, 0.15) is 63.1 Å². The van der Waals surface area contributed by atoms with Crippen molar-refractivity contribution in [3.63, 3.8) is 0 Å². The number of aromatic nitrogens is 2. The van der Waals surface area contributed by atoms with Gasteiger partial charge in [0.1, 0.15) is 6.04 Å². The summed E-state index contributed by atoms with van der Waals surface area (Å²) in [4.78, 5) is 27.9. The van der Waals surface area contributed by atoms with Crippen LogP contribution in [0.3, 0.4) is 0 Å². The first kappa shape index (κ1) is 20.0. The van der Waals surface area contributed by atoms with Gasteiger partial charge in [0.25, 0.3) is 5.91 Å². The Bertz CT molecular complexity index is 726. The van der Waals surface area contributed by atoms with Crippen molar-refractivity contribution in [2.75, 3.05) is 0 Å². The largest absolute Gasteiger partial charge is 0.349 e. The number of carbonyl (C=O) groups is 2. The molecule has 0 spiro atoms. The molecule has 6 nitrogen and oxygen atoms in total. The minimum Gasteiger partial charge on any atom is -0.349 e. The van der Waals surface area contributed by atoms with Crippen LogP contribution in [-0.2, 0) is 4.79 Å². The van der Waals surface area contributed by atoms with Crippen LogP contribution in [0.4, 0.5) is 0 Å². The summed E-state index contributed by atoms with van der Waals surface area (Å²) >= 11 is 1.12. The minimum absolute atomic E-state index is 0.139. The van der Waals surface area contributed by atoms with E-state index in [9.17, 15) is 9.59 Å². The van der Waals surface area contributed by atoms with Gasteiger partial charge in [0.2, 0.25) is 5.91 Å². The second-order valence-electron chi connectivity index (χ2n) is 7.31. The highest BCUT2D eigenvalue weighted by Crippen LogP contribution is 2.27. The van der Waals surface area contributed by atoms with E-state index in [1.165, 1.54) is 0 Å². The fraction of sp³-hybridized carbons (Fsp3) is 0.474. The highest BCUT2D eigenvalue weighted by molar-refractivity contribution is 7.03. The minimum atomic E-state index is -0.737. The molecule has 2 rings (SSSR count). The van der Waals surface area contributed by atoms with Gasteiger partial charge in [-0.2, -0.15) is 0 Å². The summed E-state index contributed by atoms with van der Waals surface area (Å²) in [5.41, 5.74) is 0.627. The van der Waals surface area contributed by atoms with Gasteiger partial charge in [-0.15, -0.1) is 5.10 Å². The number of hydrogen-bond acceptors (Lipinski definition) is 5. The predicted octanol–water partition coefficient (Wildman–Crippen LogP) is 3.43. The fourth-order valence-electron chi connectivity index (χ4n) is 2.67. The molecule has 1 heterocycles. The van der Waals surface area contributed by atoms with Crippen molar-refractivity contribution >= 4 is 23.3 Å². The van der Waals surface area contributed by atoms with E-state index < -0.39 is 11.6 Å². The molecule has 0 aliphatic carbocycles. The highest BCUT2D eigenvalue weighted by atomic mass is 32.1. The summed E-state index contributed by atoms with van der Waals surface area (Å²) in [7, 11) is 0. The smallest absolute Gasteiger partial charge is 0.276 e. The van der Waals surface area contributed by atoms with Gasteiger partial charge in [0.05, 0.1) is 0 Å². The number of carbonyl (C=O) groups excluding carboxylic acids is 2. The Morgan fingerprint density at radius 2 is 1.88 bits per heavy atom. The second kappa shape index (κ2) is 8.40. The first-order valence-electron chi connectivity index (χ1n) is 8.71. The molecule has 1 N–H and O–H groups in total. The van der Waals surface area contributed by atoms with Crippen LogP contribution >= 0.6 is 11.5 Å². The van der Waals surface area contributed by atoms with Crippen LogP contribution in [0, 0.1) is 0 Å². The van der Waals surface area contributed by atoms with E-state index in [0.717, 1.165) is 23.5 Å². The number of benzene rings is 1. The molecule has 0 saturated carbocycles. The summed E-state index contributed by atoms with van der Waals surface area (Å²) in [5.74, 6) is -0.494. The maximum absolute atomic E-state index is 13.2. The standard InChI is InChI=1S/C19H26N4O2S/c1-6-13(2)23(18(25)15-12-26-22-21-15)16(14-10-8-7-9-11-14)17(24)20-19(3,4)5/h7-13,16H,6H2,1-5H3,(H,20,24)/t13-,16+/m0/s1. The number of rotatable bonds is 6. The third-order valence-electron chi connectivity index (χ3n) is 4.02. The van der Waals surface area contributed by atoms with Gasteiger partial charge in [-0.05, 0) is 51.2 Å². The molecule has 1 aromatic heterocycles. The normalized spacial score (nSPS) is 13.7. The van der Waals surface area contributed by atoms with E-state index in [1.54, 1.807) is 10.3 Å². The molecule has 0 unspecified atom stereocenters. The van der Waals surface area contributed by atoms with E-state index in [0.29, 0.717) is 0 Å². The Balaban J connectivity index is 2.51. The Labute approximate surface area is 158 Å². The van der Waals surface area contributed by atoms with Gasteiger partial charge >= 0.3 is 0 Å². The van der Waals surface area contributed by atoms with Crippen molar-refractivity contribution in [3.05, 3.63) is 47.0 Å². The van der Waals surface area contributed by atoms with Crippen molar-refractivity contribution in [2.24, 2.45) is 0 Å². The molecule has 1 aromatic carbocycles. The monoisotopic (exact) mass is 374 g/mol. The molecule has 2 atom stereocenters. The molecule has 26 heavy (non-hydrogen) atoms. The molecule has 0 radical (unpaired) electrons. The first-order chi connectivity index (χ1) is 12.2. The lowest BCUT2D eigenvalue weighted by molar-refractivity contribution is -0.128. The van der Waals surface area contributed by atoms with E-state index in [4.69, 9.17) is 0 Å². The van der Waals surface area contributed by atoms with Crippen molar-refractivity contribution < 1.29 is 9.59 Å². The van der Waals surface area contributed by atoms with Crippen molar-refractivity contribution in [3.8, 4) is 0 Å². The Kier molecular flexibility index (Phi) is 6.47. The Morgan fingerprint density at radius 3 is 2.38 bits per heavy atom. The van der Waals surface area contributed by atoms with Gasteiger partial charge in [-0.25, -0.2) is 0 Å². The molecule has 140 valence electrons. The second-order valence-corrected chi connectivity index (χ2v) is 7.92. The number of hydrogen-bond donors (Lipinski definition) is 1. The quantitative estimate of drug-likeness (QED) is 0.840. The molecule has 0 saturated heterocycles. The SMILES string of the molecule is CC[C@H](C)N(C(=O)c1csnn1)[C@@H](C(=O)NC(C)(C)C)c1ccccc1. The van der Waals surface area contributed by atoms with Crippen molar-refractivity contribution in [2.45, 2.75) is 58.7 Å². The summed E-state index contributed by atoms with van der Waals surface area (Å²) < 4.78 is 3.79. The van der Waals surface area contributed by atoms with Crippen LogP contribution in [0.2, 0.25) is 0 Å². The van der Waals surface area contributed by atoms with E-state index in [1.807, 2.05) is 65.0 Å². The lowest BCUT2D eigenvalue weighted by Crippen LogP contribution is -2.51. The van der Waals surface area contributed by atoms with Gasteiger partial charge in [0.15, 0.2) is 5.69 Å². The number of amides is 2. The van der Waals surface area contributed by atoms with Gasteiger partial charge < -0.3 is 10.2 Å². The third kappa shape index (κ3) is 4.88. The van der Waals surface area contributed by atoms with Crippen LogP contribution in [0.5, 0.6) is 0 Å². The summed E-state index contributed by atoms with van der Waals surface area (Å²) in [6, 6.07) is 8.50. The predicted molar refractivity (Wildman–Crippen MR) is 103 cm³/mol. The molecule has 0 aliphatic heterocycles. The number of nitrogens with one attached hydrogen (secondary N) is 1. The van der Waals surface area contributed by atoms with E-state index in [-0.39, 0.29) is 23.6 Å². The van der Waals surface area contributed by atoms with Gasteiger partial charge in [0, 0.05) is 17.0 Å². The van der Waals surface area contributed by atoms with Crippen LogP contribution in [0.15, 0.2) is 35.7 Å². The van der Waals surface area contributed by atoms with Gasteiger partial charge in [-0.3, -0.25) is 9.59 Å². The molecule has 0 fully saturated rings. The zero-order valence-corrected chi connectivity index (χ0v) is 16.7. The van der Waals surface area contributed by atoms with E-state index in [2.05, 4.69) is 14.9 Å². The van der Waals surface area contributed by atoms with Crippen LogP contribution < -0.4 is 5.32 Å². The van der Waals surface area contributed by atoms with Crippen LogP contribution in [0.25, 0.3) is 0 Å². The first-order valence-corrected chi connectivity index (χ1v) is 9.55. The average molecular weight is 375 g/mol. The molecule has 7 heteroatoms. The Morgan fingerprint density at radius 1 is 1.23 bits per heavy atom. The maximum Gasteiger partial charge on any atom is 0.276 e. The maximum atomic E-state index is 13.2. The lowest BCUT2D eigenvalue weighted by atomic mass is 9.99. The van der Waals surface area contributed by atoms with E-state index >= 15 is 0 Å². The van der Waals surface area contributed by atoms with Crippen molar-refractivity contribution in [1.82, 2.24) is 19.8 Å². The number of nitrogens with zero attached hydrogens (tertiary/aromatic N) is 3. The summed E-state index contributed by atoms with van der Waals surface area (Å²) in [5, 5.41) is 8.53. The molecule has 2 aromatic rings. The summed E-state index contributed by atoms with van der Waals surface area (Å²) in [6.07, 6.45) is 0.718. The molecule has 0 bridgehead atoms. The molecule has 0 aliphatic rings. The fourth-order valence-corrected chi connectivity index (χ4v) is 3.10.